The van der Waals surface area contributed by atoms with E-state index >= 15 is 0 Å². The van der Waals surface area contributed by atoms with E-state index in [4.69, 9.17) is 4.74 Å². The molecule has 0 bridgehead atoms. The van der Waals surface area contributed by atoms with Crippen LogP contribution in [0.1, 0.15) is 18.9 Å². The van der Waals surface area contributed by atoms with Crippen molar-refractivity contribution in [2.75, 3.05) is 20.6 Å². The molecule has 3 nitrogen and oxygen atoms in total. The molecule has 0 aliphatic carbocycles. The average Bonchev–Trinajstić information content (AvgIpc) is 2.55. The summed E-state index contributed by atoms with van der Waals surface area (Å²) in [6.07, 6.45) is 1.85. The molecule has 0 atom stereocenters. The third-order valence-corrected chi connectivity index (χ3v) is 3.74. The largest absolute Gasteiger partial charge is 0.423 e. The number of hydrogen-bond donors (Lipinski definition) is 0. The van der Waals surface area contributed by atoms with E-state index in [2.05, 4.69) is 13.5 Å². The van der Waals surface area contributed by atoms with E-state index in [0.29, 0.717) is 23.4 Å². The maximum absolute atomic E-state index is 14.3. The molecule has 2 rings (SSSR count). The molecular formula is C21H24FNO2. The molecule has 2 aromatic rings. The molecule has 25 heavy (non-hydrogen) atoms. The smallest absolute Gasteiger partial charge is 0.340 e. The van der Waals surface area contributed by atoms with Gasteiger partial charge in [0, 0.05) is 17.7 Å². The molecule has 0 heterocycles. The molecule has 0 fully saturated rings. The van der Waals surface area contributed by atoms with Gasteiger partial charge in [0.05, 0.1) is 0 Å². The van der Waals surface area contributed by atoms with Crippen LogP contribution >= 0.6 is 0 Å². The zero-order valence-corrected chi connectivity index (χ0v) is 15.0. The van der Waals surface area contributed by atoms with Crippen molar-refractivity contribution in [1.82, 2.24) is 4.90 Å². The summed E-state index contributed by atoms with van der Waals surface area (Å²) in [6.45, 7) is 6.23. The van der Waals surface area contributed by atoms with Gasteiger partial charge in [0.1, 0.15) is 11.6 Å². The third-order valence-electron chi connectivity index (χ3n) is 3.74. The molecule has 0 saturated carbocycles. The summed E-state index contributed by atoms with van der Waals surface area (Å²) < 4.78 is 19.6. The first kappa shape index (κ1) is 18.9. The lowest BCUT2D eigenvalue weighted by Gasteiger charge is -2.12. The number of nitrogens with zero attached hydrogens (tertiary/aromatic N) is 1. The van der Waals surface area contributed by atoms with E-state index in [1.165, 1.54) is 0 Å². The van der Waals surface area contributed by atoms with Crippen molar-refractivity contribution in [2.24, 2.45) is 0 Å². The van der Waals surface area contributed by atoms with Crippen LogP contribution < -0.4 is 4.74 Å². The minimum Gasteiger partial charge on any atom is -0.423 e. The first-order valence-corrected chi connectivity index (χ1v) is 8.34. The quantitative estimate of drug-likeness (QED) is 0.423. The Hall–Kier alpha value is -2.46. The van der Waals surface area contributed by atoms with Crippen LogP contribution in [0.5, 0.6) is 5.75 Å². The number of aryl methyl sites for hydroxylation is 1. The van der Waals surface area contributed by atoms with Crippen LogP contribution in [0.2, 0.25) is 0 Å². The molecule has 2 aromatic carbocycles. The Labute approximate surface area is 148 Å². The lowest BCUT2D eigenvalue weighted by molar-refractivity contribution is -0.130. The van der Waals surface area contributed by atoms with Gasteiger partial charge in [-0.15, -0.1) is 0 Å². The minimum atomic E-state index is -0.462. The lowest BCUT2D eigenvalue weighted by Crippen LogP contribution is -2.22. The van der Waals surface area contributed by atoms with Crippen LogP contribution in [0.3, 0.4) is 0 Å². The topological polar surface area (TPSA) is 29.5 Å². The monoisotopic (exact) mass is 341 g/mol. The summed E-state index contributed by atoms with van der Waals surface area (Å²) in [5, 5.41) is 0. The highest BCUT2D eigenvalue weighted by Crippen LogP contribution is 2.26. The van der Waals surface area contributed by atoms with E-state index in [-0.39, 0.29) is 5.82 Å². The van der Waals surface area contributed by atoms with E-state index < -0.39 is 5.97 Å². The second-order valence-electron chi connectivity index (χ2n) is 6.32. The predicted octanol–water partition coefficient (Wildman–Crippen LogP) is 4.47. The van der Waals surface area contributed by atoms with Crippen molar-refractivity contribution in [3.8, 4) is 16.9 Å². The number of carbonyl (C=O) groups is 1. The Bertz CT molecular complexity index is 751. The molecule has 0 spiro atoms. The van der Waals surface area contributed by atoms with Gasteiger partial charge < -0.3 is 9.64 Å². The Morgan fingerprint density at radius 1 is 1.16 bits per heavy atom. The molecule has 0 aliphatic heterocycles. The lowest BCUT2D eigenvalue weighted by atomic mass is 10.0. The highest BCUT2D eigenvalue weighted by atomic mass is 19.1. The van der Waals surface area contributed by atoms with Crippen molar-refractivity contribution in [1.29, 1.82) is 0 Å². The van der Waals surface area contributed by atoms with Crippen LogP contribution in [-0.4, -0.2) is 31.5 Å². The molecule has 0 N–H and O–H groups in total. The highest BCUT2D eigenvalue weighted by molar-refractivity contribution is 5.90. The van der Waals surface area contributed by atoms with Gasteiger partial charge in [0.25, 0.3) is 0 Å². The molecule has 132 valence electrons. The zero-order chi connectivity index (χ0) is 18.4. The van der Waals surface area contributed by atoms with Crippen LogP contribution in [0.25, 0.3) is 11.1 Å². The Kier molecular flexibility index (Phi) is 6.48. The summed E-state index contributed by atoms with van der Waals surface area (Å²) >= 11 is 0. The van der Waals surface area contributed by atoms with Crippen molar-refractivity contribution in [3.63, 3.8) is 0 Å². The number of rotatable bonds is 7. The average molecular weight is 341 g/mol. The van der Waals surface area contributed by atoms with Gasteiger partial charge in [0.2, 0.25) is 0 Å². The Morgan fingerprint density at radius 2 is 1.84 bits per heavy atom. The Balaban J connectivity index is 2.09. The van der Waals surface area contributed by atoms with E-state index in [9.17, 15) is 9.18 Å². The molecule has 0 saturated heterocycles. The fourth-order valence-corrected chi connectivity index (χ4v) is 2.56. The van der Waals surface area contributed by atoms with Crippen molar-refractivity contribution < 1.29 is 13.9 Å². The SMILES string of the molecule is C=C(CN(C)C)C(=O)Oc1ccc(-c2ccc(CCC)cc2F)cc1. The van der Waals surface area contributed by atoms with E-state index in [1.807, 2.05) is 25.1 Å². The third kappa shape index (κ3) is 5.26. The summed E-state index contributed by atoms with van der Waals surface area (Å²) in [7, 11) is 3.71. The zero-order valence-electron chi connectivity index (χ0n) is 15.0. The van der Waals surface area contributed by atoms with E-state index in [0.717, 1.165) is 24.0 Å². The van der Waals surface area contributed by atoms with Gasteiger partial charge in [-0.3, -0.25) is 0 Å². The summed E-state index contributed by atoms with van der Waals surface area (Å²) in [5.41, 5.74) is 2.66. The number of hydrogen-bond acceptors (Lipinski definition) is 3. The van der Waals surface area contributed by atoms with Crippen molar-refractivity contribution in [3.05, 3.63) is 66.0 Å². The minimum absolute atomic E-state index is 0.241. The Morgan fingerprint density at radius 3 is 2.40 bits per heavy atom. The van der Waals surface area contributed by atoms with Crippen LogP contribution in [0.4, 0.5) is 4.39 Å². The van der Waals surface area contributed by atoms with E-state index in [1.54, 1.807) is 36.4 Å². The molecule has 0 radical (unpaired) electrons. The van der Waals surface area contributed by atoms with Gasteiger partial charge in [-0.05, 0) is 49.8 Å². The van der Waals surface area contributed by atoms with Gasteiger partial charge in [0.15, 0.2) is 0 Å². The maximum atomic E-state index is 14.3. The molecule has 0 aliphatic rings. The molecule has 0 aromatic heterocycles. The fourth-order valence-electron chi connectivity index (χ4n) is 2.56. The second kappa shape index (κ2) is 8.58. The fraction of sp³-hybridized carbons (Fsp3) is 0.286. The number of halogens is 1. The number of likely N-dealkylation sites (N-methyl/N-ethyl adjacent to an activating group) is 1. The highest BCUT2D eigenvalue weighted by Gasteiger charge is 2.11. The standard InChI is InChI=1S/C21H24FNO2/c1-5-6-16-7-12-19(20(22)13-16)17-8-10-18(11-9-17)25-21(24)15(2)14-23(3)4/h7-13H,2,5-6,14H2,1,3-4H3. The number of carbonyl (C=O) groups excluding carboxylic acids is 1. The maximum Gasteiger partial charge on any atom is 0.340 e. The van der Waals surface area contributed by atoms with Gasteiger partial charge in [-0.25, -0.2) is 9.18 Å². The summed E-state index contributed by atoms with van der Waals surface area (Å²) in [5.74, 6) is -0.289. The first-order valence-electron chi connectivity index (χ1n) is 8.34. The summed E-state index contributed by atoms with van der Waals surface area (Å²) in [4.78, 5) is 13.8. The molecule has 0 unspecified atom stereocenters. The molecule has 0 amide bonds. The van der Waals surface area contributed by atoms with Gasteiger partial charge in [-0.1, -0.05) is 44.2 Å². The van der Waals surface area contributed by atoms with Crippen molar-refractivity contribution in [2.45, 2.75) is 19.8 Å². The van der Waals surface area contributed by atoms with Crippen LogP contribution in [0, 0.1) is 5.82 Å². The van der Waals surface area contributed by atoms with Gasteiger partial charge in [-0.2, -0.15) is 0 Å². The predicted molar refractivity (Wildman–Crippen MR) is 99.2 cm³/mol. The number of benzene rings is 2. The molecular weight excluding hydrogens is 317 g/mol. The number of esters is 1. The summed E-state index contributed by atoms with van der Waals surface area (Å²) in [6, 6.07) is 12.1. The number of ether oxygens (including phenoxy) is 1. The van der Waals surface area contributed by atoms with Crippen LogP contribution in [-0.2, 0) is 11.2 Å². The molecule has 4 heteroatoms. The van der Waals surface area contributed by atoms with Gasteiger partial charge >= 0.3 is 5.97 Å². The van der Waals surface area contributed by atoms with Crippen LogP contribution in [0.15, 0.2) is 54.6 Å². The van der Waals surface area contributed by atoms with Crippen molar-refractivity contribution >= 4 is 5.97 Å². The first-order chi connectivity index (χ1) is 11.9. The normalized spacial score (nSPS) is 10.8. The second-order valence-corrected chi connectivity index (χ2v) is 6.32.